The van der Waals surface area contributed by atoms with Crippen LogP contribution in [-0.2, 0) is 4.79 Å². The van der Waals surface area contributed by atoms with Gasteiger partial charge in [-0.15, -0.1) is 0 Å². The van der Waals surface area contributed by atoms with Crippen molar-refractivity contribution < 1.29 is 4.79 Å². The standard InChI is InChI=1S/C8H14N2OS/c11-8(10-12)7-4-5-2-1-3-6(5)9-7/h5-7,9,12H,1-4H2,(H,10,11). The van der Waals surface area contributed by atoms with E-state index in [0.29, 0.717) is 6.04 Å². The zero-order chi connectivity index (χ0) is 8.55. The van der Waals surface area contributed by atoms with Crippen LogP contribution in [-0.4, -0.2) is 18.0 Å². The summed E-state index contributed by atoms with van der Waals surface area (Å²) < 4.78 is 2.39. The molecule has 1 heterocycles. The Morgan fingerprint density at radius 1 is 1.50 bits per heavy atom. The molecule has 68 valence electrons. The third-order valence-electron chi connectivity index (χ3n) is 3.04. The quantitative estimate of drug-likeness (QED) is 0.521. The van der Waals surface area contributed by atoms with Crippen molar-refractivity contribution in [3.63, 3.8) is 0 Å². The largest absolute Gasteiger partial charge is 0.303 e. The van der Waals surface area contributed by atoms with Gasteiger partial charge in [-0.3, -0.25) is 4.79 Å². The van der Waals surface area contributed by atoms with Crippen molar-refractivity contribution in [2.24, 2.45) is 5.92 Å². The lowest BCUT2D eigenvalue weighted by atomic mass is 10.0. The Balaban J connectivity index is 1.94. The van der Waals surface area contributed by atoms with E-state index >= 15 is 0 Å². The van der Waals surface area contributed by atoms with E-state index in [4.69, 9.17) is 0 Å². The zero-order valence-electron chi connectivity index (χ0n) is 6.92. The van der Waals surface area contributed by atoms with E-state index in [0.717, 1.165) is 12.3 Å². The van der Waals surface area contributed by atoms with Crippen LogP contribution in [0.25, 0.3) is 0 Å². The molecule has 3 nitrogen and oxygen atoms in total. The molecule has 3 unspecified atom stereocenters. The highest BCUT2D eigenvalue weighted by Gasteiger charge is 2.39. The van der Waals surface area contributed by atoms with Crippen molar-refractivity contribution in [2.75, 3.05) is 0 Å². The van der Waals surface area contributed by atoms with Crippen LogP contribution in [0, 0.1) is 5.92 Å². The Hall–Kier alpha value is -0.220. The normalized spacial score (nSPS) is 39.6. The molecular weight excluding hydrogens is 172 g/mol. The van der Waals surface area contributed by atoms with Crippen molar-refractivity contribution in [2.45, 2.75) is 37.8 Å². The van der Waals surface area contributed by atoms with Gasteiger partial charge in [0, 0.05) is 6.04 Å². The summed E-state index contributed by atoms with van der Waals surface area (Å²) >= 11 is 3.76. The van der Waals surface area contributed by atoms with Crippen LogP contribution in [0.5, 0.6) is 0 Å². The van der Waals surface area contributed by atoms with Gasteiger partial charge >= 0.3 is 0 Å². The Morgan fingerprint density at radius 2 is 2.33 bits per heavy atom. The van der Waals surface area contributed by atoms with E-state index < -0.39 is 0 Å². The number of hydrogen-bond acceptors (Lipinski definition) is 3. The number of rotatable bonds is 1. The van der Waals surface area contributed by atoms with Crippen molar-refractivity contribution in [3.05, 3.63) is 0 Å². The fraction of sp³-hybridized carbons (Fsp3) is 0.875. The maximum atomic E-state index is 11.2. The number of hydrogen-bond donors (Lipinski definition) is 3. The first-order chi connectivity index (χ1) is 5.81. The van der Waals surface area contributed by atoms with Gasteiger partial charge in [0.05, 0.1) is 6.04 Å². The van der Waals surface area contributed by atoms with E-state index in [9.17, 15) is 4.79 Å². The fourth-order valence-corrected chi connectivity index (χ4v) is 2.58. The van der Waals surface area contributed by atoms with Gasteiger partial charge in [-0.05, 0) is 25.2 Å². The molecule has 1 saturated heterocycles. The molecule has 2 aliphatic rings. The molecule has 1 aliphatic carbocycles. The van der Waals surface area contributed by atoms with Gasteiger partial charge in [0.1, 0.15) is 0 Å². The molecule has 4 heteroatoms. The number of amides is 1. The molecular formula is C8H14N2OS. The first kappa shape index (κ1) is 8.38. The van der Waals surface area contributed by atoms with E-state index in [1.807, 2.05) is 0 Å². The lowest BCUT2D eigenvalue weighted by Gasteiger charge is -2.10. The van der Waals surface area contributed by atoms with Gasteiger partial charge in [0.15, 0.2) is 0 Å². The summed E-state index contributed by atoms with van der Waals surface area (Å²) in [5.74, 6) is 0.758. The molecule has 0 bridgehead atoms. The molecule has 0 radical (unpaired) electrons. The lowest BCUT2D eigenvalue weighted by Crippen LogP contribution is -2.39. The summed E-state index contributed by atoms with van der Waals surface area (Å²) in [7, 11) is 0. The van der Waals surface area contributed by atoms with E-state index in [2.05, 4.69) is 22.9 Å². The molecule has 3 atom stereocenters. The maximum Gasteiger partial charge on any atom is 0.246 e. The predicted octanol–water partition coefficient (Wildman–Crippen LogP) is 0.478. The van der Waals surface area contributed by atoms with Crippen LogP contribution in [0.4, 0.5) is 0 Å². The average molecular weight is 186 g/mol. The Morgan fingerprint density at radius 3 is 3.00 bits per heavy atom. The van der Waals surface area contributed by atoms with Crippen LogP contribution in [0.2, 0.25) is 0 Å². The summed E-state index contributed by atoms with van der Waals surface area (Å²) in [6.07, 6.45) is 4.84. The molecule has 2 fully saturated rings. The van der Waals surface area contributed by atoms with E-state index in [1.165, 1.54) is 19.3 Å². The molecule has 1 saturated carbocycles. The summed E-state index contributed by atoms with van der Waals surface area (Å²) in [4.78, 5) is 11.2. The number of carbonyl (C=O) groups is 1. The Kier molecular flexibility index (Phi) is 2.28. The van der Waals surface area contributed by atoms with Crippen LogP contribution < -0.4 is 10.0 Å². The minimum Gasteiger partial charge on any atom is -0.303 e. The molecule has 0 aromatic heterocycles. The Labute approximate surface area is 77.8 Å². The molecule has 2 N–H and O–H groups in total. The zero-order valence-corrected chi connectivity index (χ0v) is 7.81. The topological polar surface area (TPSA) is 41.1 Å². The molecule has 0 aromatic carbocycles. The van der Waals surface area contributed by atoms with E-state index in [-0.39, 0.29) is 11.9 Å². The summed E-state index contributed by atoms with van der Waals surface area (Å²) in [5.41, 5.74) is 0. The monoisotopic (exact) mass is 186 g/mol. The SMILES string of the molecule is O=C(NS)C1CC2CCCC2N1. The number of carbonyl (C=O) groups excluding carboxylic acids is 1. The second-order valence-corrected chi connectivity index (χ2v) is 3.95. The van der Waals surface area contributed by atoms with Crippen molar-refractivity contribution in [1.82, 2.24) is 10.0 Å². The summed E-state index contributed by atoms with van der Waals surface area (Å²) in [6, 6.07) is 0.610. The predicted molar refractivity (Wildman–Crippen MR) is 49.8 cm³/mol. The van der Waals surface area contributed by atoms with Gasteiger partial charge in [0.2, 0.25) is 5.91 Å². The fourth-order valence-electron chi connectivity index (χ4n) is 2.43. The maximum absolute atomic E-state index is 11.2. The minimum absolute atomic E-state index is 0.0119. The minimum atomic E-state index is 0.0119. The number of fused-ring (bicyclic) bond motifs is 1. The lowest BCUT2D eigenvalue weighted by molar-refractivity contribution is -0.120. The second-order valence-electron chi connectivity index (χ2n) is 3.73. The van der Waals surface area contributed by atoms with Crippen LogP contribution in [0.1, 0.15) is 25.7 Å². The number of nitrogens with one attached hydrogen (secondary N) is 2. The van der Waals surface area contributed by atoms with Gasteiger partial charge in [-0.25, -0.2) is 0 Å². The number of thiol groups is 1. The van der Waals surface area contributed by atoms with Crippen molar-refractivity contribution in [1.29, 1.82) is 0 Å². The van der Waals surface area contributed by atoms with Gasteiger partial charge in [-0.2, -0.15) is 0 Å². The highest BCUT2D eigenvalue weighted by molar-refractivity contribution is 7.78. The first-order valence-electron chi connectivity index (χ1n) is 4.51. The highest BCUT2D eigenvalue weighted by Crippen LogP contribution is 2.34. The second kappa shape index (κ2) is 3.26. The van der Waals surface area contributed by atoms with Crippen LogP contribution in [0.3, 0.4) is 0 Å². The van der Waals surface area contributed by atoms with Crippen molar-refractivity contribution >= 4 is 18.7 Å². The summed E-state index contributed by atoms with van der Waals surface area (Å²) in [5, 5.41) is 3.34. The third-order valence-corrected chi connectivity index (χ3v) is 3.26. The van der Waals surface area contributed by atoms with Crippen LogP contribution >= 0.6 is 12.8 Å². The average Bonchev–Trinajstić information content (AvgIpc) is 2.60. The third kappa shape index (κ3) is 1.33. The Bertz CT molecular complexity index is 185. The molecule has 2 rings (SSSR count). The molecule has 1 amide bonds. The van der Waals surface area contributed by atoms with Crippen molar-refractivity contribution in [3.8, 4) is 0 Å². The first-order valence-corrected chi connectivity index (χ1v) is 4.96. The molecule has 12 heavy (non-hydrogen) atoms. The van der Waals surface area contributed by atoms with Gasteiger partial charge < -0.3 is 10.0 Å². The van der Waals surface area contributed by atoms with Crippen LogP contribution in [0.15, 0.2) is 0 Å². The highest BCUT2D eigenvalue weighted by atomic mass is 32.1. The van der Waals surface area contributed by atoms with E-state index in [1.54, 1.807) is 0 Å². The molecule has 1 aliphatic heterocycles. The molecule has 0 aromatic rings. The smallest absolute Gasteiger partial charge is 0.246 e. The van der Waals surface area contributed by atoms with Gasteiger partial charge in [0.25, 0.3) is 0 Å². The van der Waals surface area contributed by atoms with Gasteiger partial charge in [-0.1, -0.05) is 19.2 Å². The molecule has 0 spiro atoms. The summed E-state index contributed by atoms with van der Waals surface area (Å²) in [6.45, 7) is 0.